The number of hydrogen-bond donors (Lipinski definition) is 0. The fourth-order valence-electron chi connectivity index (χ4n) is 0.792. The van der Waals surface area contributed by atoms with Crippen LogP contribution in [0.4, 0.5) is 0 Å². The highest BCUT2D eigenvalue weighted by Crippen LogP contribution is 2.11. The molecular formula is C6H7NO. The SMILES string of the molecule is O=C=NC1C=CCC1. The van der Waals surface area contributed by atoms with E-state index in [0.29, 0.717) is 0 Å². The van der Waals surface area contributed by atoms with E-state index in [4.69, 9.17) is 0 Å². The largest absolute Gasteiger partial charge is 0.235 e. The van der Waals surface area contributed by atoms with Crippen LogP contribution in [-0.4, -0.2) is 12.1 Å². The highest BCUT2D eigenvalue weighted by atomic mass is 16.1. The number of aliphatic imine (C=N–C) groups is 1. The Balaban J connectivity index is 2.48. The molecule has 2 nitrogen and oxygen atoms in total. The molecule has 0 aromatic carbocycles. The monoisotopic (exact) mass is 109 g/mol. The van der Waals surface area contributed by atoms with E-state index in [1.165, 1.54) is 6.08 Å². The minimum Gasteiger partial charge on any atom is -0.211 e. The second-order valence-electron chi connectivity index (χ2n) is 1.79. The summed E-state index contributed by atoms with van der Waals surface area (Å²) in [5.74, 6) is 0. The van der Waals surface area contributed by atoms with Gasteiger partial charge in [0.2, 0.25) is 6.08 Å². The lowest BCUT2D eigenvalue weighted by atomic mass is 10.3. The van der Waals surface area contributed by atoms with Crippen LogP contribution in [0.3, 0.4) is 0 Å². The lowest BCUT2D eigenvalue weighted by molar-refractivity contribution is 0.560. The van der Waals surface area contributed by atoms with Crippen molar-refractivity contribution in [3.05, 3.63) is 12.2 Å². The summed E-state index contributed by atoms with van der Waals surface area (Å²) in [5.41, 5.74) is 0. The highest BCUT2D eigenvalue weighted by molar-refractivity contribution is 5.34. The van der Waals surface area contributed by atoms with Crippen molar-refractivity contribution < 1.29 is 4.79 Å². The van der Waals surface area contributed by atoms with E-state index in [1.807, 2.05) is 12.2 Å². The van der Waals surface area contributed by atoms with E-state index >= 15 is 0 Å². The molecule has 1 aliphatic rings. The van der Waals surface area contributed by atoms with Crippen molar-refractivity contribution in [2.75, 3.05) is 0 Å². The van der Waals surface area contributed by atoms with E-state index in [1.54, 1.807) is 0 Å². The average molecular weight is 109 g/mol. The van der Waals surface area contributed by atoms with Gasteiger partial charge >= 0.3 is 0 Å². The average Bonchev–Trinajstić information content (AvgIpc) is 2.19. The Morgan fingerprint density at radius 3 is 3.12 bits per heavy atom. The Kier molecular flexibility index (Phi) is 1.60. The summed E-state index contributed by atoms with van der Waals surface area (Å²) in [7, 11) is 0. The van der Waals surface area contributed by atoms with E-state index in [9.17, 15) is 4.79 Å². The summed E-state index contributed by atoms with van der Waals surface area (Å²) in [4.78, 5) is 13.2. The van der Waals surface area contributed by atoms with Gasteiger partial charge in [0.1, 0.15) is 0 Å². The summed E-state index contributed by atoms with van der Waals surface area (Å²) < 4.78 is 0. The molecule has 0 aliphatic heterocycles. The zero-order valence-corrected chi connectivity index (χ0v) is 4.50. The third-order valence-electron chi connectivity index (χ3n) is 1.21. The van der Waals surface area contributed by atoms with Gasteiger partial charge in [-0.25, -0.2) is 4.79 Å². The van der Waals surface area contributed by atoms with Gasteiger partial charge in [-0.15, -0.1) is 0 Å². The molecule has 0 heterocycles. The first-order valence-electron chi connectivity index (χ1n) is 2.67. The predicted octanol–water partition coefficient (Wildman–Crippen LogP) is 1.04. The number of isocyanates is 1. The molecule has 0 radical (unpaired) electrons. The van der Waals surface area contributed by atoms with Gasteiger partial charge in [-0.1, -0.05) is 12.2 Å². The Morgan fingerprint density at radius 1 is 1.75 bits per heavy atom. The molecule has 1 aliphatic carbocycles. The molecule has 0 amide bonds. The zero-order valence-electron chi connectivity index (χ0n) is 4.50. The van der Waals surface area contributed by atoms with Gasteiger partial charge in [0, 0.05) is 0 Å². The maximum absolute atomic E-state index is 9.64. The molecule has 1 rings (SSSR count). The van der Waals surface area contributed by atoms with E-state index in [2.05, 4.69) is 4.99 Å². The molecule has 1 unspecified atom stereocenters. The lowest BCUT2D eigenvalue weighted by Gasteiger charge is -1.90. The minimum absolute atomic E-state index is 0.132. The zero-order chi connectivity index (χ0) is 5.82. The van der Waals surface area contributed by atoms with Crippen LogP contribution in [0.1, 0.15) is 12.8 Å². The molecule has 0 saturated heterocycles. The van der Waals surface area contributed by atoms with Crippen molar-refractivity contribution in [1.29, 1.82) is 0 Å². The van der Waals surface area contributed by atoms with Crippen molar-refractivity contribution in [3.8, 4) is 0 Å². The second-order valence-corrected chi connectivity index (χ2v) is 1.79. The van der Waals surface area contributed by atoms with Gasteiger partial charge in [0.15, 0.2) is 0 Å². The van der Waals surface area contributed by atoms with Crippen molar-refractivity contribution in [1.82, 2.24) is 0 Å². The van der Waals surface area contributed by atoms with Gasteiger partial charge in [0.05, 0.1) is 6.04 Å². The van der Waals surface area contributed by atoms with E-state index < -0.39 is 0 Å². The minimum atomic E-state index is 0.132. The van der Waals surface area contributed by atoms with Gasteiger partial charge < -0.3 is 0 Å². The molecule has 0 bridgehead atoms. The van der Waals surface area contributed by atoms with Crippen LogP contribution in [0.2, 0.25) is 0 Å². The molecule has 0 N–H and O–H groups in total. The fraction of sp³-hybridized carbons (Fsp3) is 0.500. The Morgan fingerprint density at radius 2 is 2.62 bits per heavy atom. The van der Waals surface area contributed by atoms with Gasteiger partial charge in [-0.2, -0.15) is 4.99 Å². The van der Waals surface area contributed by atoms with E-state index in [0.717, 1.165) is 12.8 Å². The maximum atomic E-state index is 9.64. The van der Waals surface area contributed by atoms with Crippen molar-refractivity contribution in [3.63, 3.8) is 0 Å². The molecule has 0 fully saturated rings. The van der Waals surface area contributed by atoms with Gasteiger partial charge in [0.25, 0.3) is 0 Å². The topological polar surface area (TPSA) is 29.4 Å². The molecule has 0 aromatic heterocycles. The quantitative estimate of drug-likeness (QED) is 0.281. The first kappa shape index (κ1) is 5.26. The molecule has 0 spiro atoms. The van der Waals surface area contributed by atoms with Crippen LogP contribution >= 0.6 is 0 Å². The maximum Gasteiger partial charge on any atom is 0.235 e. The summed E-state index contributed by atoms with van der Waals surface area (Å²) in [6.45, 7) is 0. The van der Waals surface area contributed by atoms with Crippen LogP contribution in [0.25, 0.3) is 0 Å². The number of allylic oxidation sites excluding steroid dienone is 1. The third kappa shape index (κ3) is 1.04. The lowest BCUT2D eigenvalue weighted by Crippen LogP contribution is -1.91. The van der Waals surface area contributed by atoms with Gasteiger partial charge in [-0.3, -0.25) is 0 Å². The molecule has 0 saturated carbocycles. The number of hydrogen-bond acceptors (Lipinski definition) is 2. The van der Waals surface area contributed by atoms with Gasteiger partial charge in [-0.05, 0) is 12.8 Å². The van der Waals surface area contributed by atoms with Crippen molar-refractivity contribution >= 4 is 6.08 Å². The fourth-order valence-corrected chi connectivity index (χ4v) is 0.792. The Labute approximate surface area is 47.9 Å². The third-order valence-corrected chi connectivity index (χ3v) is 1.21. The Hall–Kier alpha value is -0.880. The van der Waals surface area contributed by atoms with E-state index in [-0.39, 0.29) is 6.04 Å². The normalized spacial score (nSPS) is 25.2. The van der Waals surface area contributed by atoms with Crippen molar-refractivity contribution in [2.24, 2.45) is 4.99 Å². The molecule has 0 aromatic rings. The van der Waals surface area contributed by atoms with Crippen LogP contribution in [0.5, 0.6) is 0 Å². The second kappa shape index (κ2) is 2.43. The molecule has 8 heavy (non-hydrogen) atoms. The number of rotatable bonds is 1. The highest BCUT2D eigenvalue weighted by Gasteiger charge is 2.04. The molecule has 42 valence electrons. The van der Waals surface area contributed by atoms with Crippen LogP contribution < -0.4 is 0 Å². The summed E-state index contributed by atoms with van der Waals surface area (Å²) in [6.07, 6.45) is 7.53. The first-order chi connectivity index (χ1) is 3.93. The Bertz CT molecular complexity index is 145. The van der Waals surface area contributed by atoms with Crippen LogP contribution in [-0.2, 0) is 4.79 Å². The van der Waals surface area contributed by atoms with Crippen molar-refractivity contribution in [2.45, 2.75) is 18.9 Å². The summed E-state index contributed by atoms with van der Waals surface area (Å²) in [5, 5.41) is 0. The first-order valence-corrected chi connectivity index (χ1v) is 2.67. The molecule has 2 heteroatoms. The summed E-state index contributed by atoms with van der Waals surface area (Å²) >= 11 is 0. The standard InChI is InChI=1S/C6H7NO/c8-5-7-6-3-1-2-4-6/h1,3,6H,2,4H2. The van der Waals surface area contributed by atoms with Crippen LogP contribution in [0.15, 0.2) is 17.1 Å². The number of carbonyl (C=O) groups excluding carboxylic acids is 1. The number of nitrogens with zero attached hydrogens (tertiary/aromatic N) is 1. The summed E-state index contributed by atoms with van der Waals surface area (Å²) in [6, 6.07) is 0.132. The van der Waals surface area contributed by atoms with Crippen LogP contribution in [0, 0.1) is 0 Å². The smallest absolute Gasteiger partial charge is 0.211 e. The molecule has 1 atom stereocenters. The molecular weight excluding hydrogens is 102 g/mol. The predicted molar refractivity (Wildman–Crippen MR) is 30.3 cm³/mol.